The summed E-state index contributed by atoms with van der Waals surface area (Å²) in [6, 6.07) is 7.72. The molecule has 0 saturated carbocycles. The highest BCUT2D eigenvalue weighted by atomic mass is 16.5. The number of Topliss-reactive ketones (excluding diaryl/α,β-unsaturated/α-hetero) is 1. The second-order valence-electron chi connectivity index (χ2n) is 9.30. The van der Waals surface area contributed by atoms with Crippen molar-refractivity contribution in [2.75, 3.05) is 24.9 Å². The van der Waals surface area contributed by atoms with E-state index in [-0.39, 0.29) is 11.3 Å². The van der Waals surface area contributed by atoms with Crippen LogP contribution in [0, 0.1) is 6.92 Å². The number of unbranched alkanes of at least 4 members (excludes halogenated alkanes) is 1. The standard InChI is InChI=1S/C27H37N5O3/c1-7-8-12-27(4,13-11-19(3)33)32-25-24-22(14-18(2)16-28-24)30-26(31-25)29-17-20-9-10-21(34-5)15-23(20)35-6/h9-10,14-16H,7-8,11-13,17H2,1-6H3,(H2,29,30,31,32)/t27-/m1/s1. The Morgan fingerprint density at radius 2 is 1.91 bits per heavy atom. The van der Waals surface area contributed by atoms with Crippen molar-refractivity contribution >= 4 is 28.6 Å². The minimum atomic E-state index is -0.286. The monoisotopic (exact) mass is 479 g/mol. The molecule has 0 fully saturated rings. The van der Waals surface area contributed by atoms with Gasteiger partial charge in [0.25, 0.3) is 0 Å². The summed E-state index contributed by atoms with van der Waals surface area (Å²) < 4.78 is 10.8. The van der Waals surface area contributed by atoms with E-state index in [1.54, 1.807) is 21.1 Å². The number of carbonyl (C=O) groups excluding carboxylic acids is 1. The van der Waals surface area contributed by atoms with Gasteiger partial charge in [-0.05, 0) is 57.4 Å². The number of aromatic nitrogens is 3. The zero-order valence-corrected chi connectivity index (χ0v) is 21.7. The number of anilines is 2. The van der Waals surface area contributed by atoms with Crippen LogP contribution in [-0.4, -0.2) is 40.5 Å². The fourth-order valence-corrected chi connectivity index (χ4v) is 4.01. The lowest BCUT2D eigenvalue weighted by atomic mass is 9.89. The third-order valence-corrected chi connectivity index (χ3v) is 6.13. The molecule has 2 heterocycles. The molecule has 0 amide bonds. The summed E-state index contributed by atoms with van der Waals surface area (Å²) in [5.74, 6) is 2.81. The first-order valence-electron chi connectivity index (χ1n) is 12.1. The first-order chi connectivity index (χ1) is 16.8. The van der Waals surface area contributed by atoms with Crippen molar-refractivity contribution in [3.8, 4) is 11.5 Å². The van der Waals surface area contributed by atoms with E-state index in [1.165, 1.54) is 0 Å². The van der Waals surface area contributed by atoms with Crippen LogP contribution in [0.4, 0.5) is 11.8 Å². The van der Waals surface area contributed by atoms with Crippen LogP contribution in [0.5, 0.6) is 11.5 Å². The summed E-state index contributed by atoms with van der Waals surface area (Å²) in [5.41, 5.74) is 3.18. The van der Waals surface area contributed by atoms with Gasteiger partial charge in [-0.15, -0.1) is 0 Å². The first-order valence-corrected chi connectivity index (χ1v) is 12.1. The maximum absolute atomic E-state index is 11.7. The number of methoxy groups -OCH3 is 2. The quantitative estimate of drug-likeness (QED) is 0.322. The lowest BCUT2D eigenvalue weighted by Gasteiger charge is -2.32. The van der Waals surface area contributed by atoms with Gasteiger partial charge >= 0.3 is 0 Å². The number of rotatable bonds is 13. The van der Waals surface area contributed by atoms with Crippen LogP contribution in [-0.2, 0) is 11.3 Å². The summed E-state index contributed by atoms with van der Waals surface area (Å²) in [6.07, 6.45) is 6.14. The van der Waals surface area contributed by atoms with Gasteiger partial charge in [0.2, 0.25) is 5.95 Å². The molecule has 0 unspecified atom stereocenters. The molecule has 1 aromatic carbocycles. The third kappa shape index (κ3) is 7.04. The van der Waals surface area contributed by atoms with Crippen LogP contribution in [0.15, 0.2) is 30.5 Å². The minimum Gasteiger partial charge on any atom is -0.497 e. The molecule has 0 bridgehead atoms. The van der Waals surface area contributed by atoms with E-state index in [1.807, 2.05) is 37.4 Å². The number of ether oxygens (including phenoxy) is 2. The van der Waals surface area contributed by atoms with Crippen molar-refractivity contribution in [1.29, 1.82) is 0 Å². The van der Waals surface area contributed by atoms with Gasteiger partial charge in [0.15, 0.2) is 5.82 Å². The Morgan fingerprint density at radius 1 is 1.11 bits per heavy atom. The number of hydrogen-bond acceptors (Lipinski definition) is 8. The smallest absolute Gasteiger partial charge is 0.225 e. The number of ketones is 1. The molecule has 2 N–H and O–H groups in total. The SMILES string of the molecule is CCCC[C@](C)(CCC(C)=O)Nc1nc(NCc2ccc(OC)cc2OC)nc2cc(C)cnc12. The molecule has 0 aliphatic carbocycles. The number of aryl methyl sites for hydroxylation is 1. The maximum atomic E-state index is 11.7. The lowest BCUT2D eigenvalue weighted by Crippen LogP contribution is -2.36. The normalized spacial score (nSPS) is 12.7. The highest BCUT2D eigenvalue weighted by Crippen LogP contribution is 2.30. The number of fused-ring (bicyclic) bond motifs is 1. The molecule has 8 nitrogen and oxygen atoms in total. The third-order valence-electron chi connectivity index (χ3n) is 6.13. The molecule has 0 spiro atoms. The predicted octanol–water partition coefficient (Wildman–Crippen LogP) is 5.69. The van der Waals surface area contributed by atoms with Crippen LogP contribution >= 0.6 is 0 Å². The van der Waals surface area contributed by atoms with Gasteiger partial charge in [-0.2, -0.15) is 4.98 Å². The van der Waals surface area contributed by atoms with E-state index in [9.17, 15) is 4.79 Å². The predicted molar refractivity (Wildman–Crippen MR) is 140 cm³/mol. The lowest BCUT2D eigenvalue weighted by molar-refractivity contribution is -0.117. The fraction of sp³-hybridized carbons (Fsp3) is 0.481. The van der Waals surface area contributed by atoms with Gasteiger partial charge in [-0.25, -0.2) is 4.98 Å². The minimum absolute atomic E-state index is 0.187. The van der Waals surface area contributed by atoms with E-state index in [2.05, 4.69) is 29.5 Å². The van der Waals surface area contributed by atoms with Crippen LogP contribution in [0.3, 0.4) is 0 Å². The Bertz CT molecular complexity index is 1170. The number of nitrogens with zero attached hydrogens (tertiary/aromatic N) is 3. The van der Waals surface area contributed by atoms with E-state index in [4.69, 9.17) is 19.4 Å². The fourth-order valence-electron chi connectivity index (χ4n) is 4.01. The zero-order valence-electron chi connectivity index (χ0n) is 21.7. The molecular weight excluding hydrogens is 442 g/mol. The van der Waals surface area contributed by atoms with Gasteiger partial charge in [0, 0.05) is 36.3 Å². The number of hydrogen-bond donors (Lipinski definition) is 2. The molecule has 35 heavy (non-hydrogen) atoms. The first kappa shape index (κ1) is 26.2. The highest BCUT2D eigenvalue weighted by molar-refractivity contribution is 5.87. The Balaban J connectivity index is 1.94. The molecule has 0 radical (unpaired) electrons. The van der Waals surface area contributed by atoms with Gasteiger partial charge < -0.3 is 24.9 Å². The summed E-state index contributed by atoms with van der Waals surface area (Å²) in [7, 11) is 3.27. The molecule has 0 saturated heterocycles. The van der Waals surface area contributed by atoms with Gasteiger partial charge in [-0.3, -0.25) is 4.98 Å². The molecule has 2 aromatic heterocycles. The van der Waals surface area contributed by atoms with Gasteiger partial charge in [-0.1, -0.05) is 19.8 Å². The van der Waals surface area contributed by atoms with E-state index >= 15 is 0 Å². The largest absolute Gasteiger partial charge is 0.497 e. The zero-order chi connectivity index (χ0) is 25.4. The average Bonchev–Trinajstić information content (AvgIpc) is 2.84. The Labute approximate surface area is 207 Å². The summed E-state index contributed by atoms with van der Waals surface area (Å²) in [4.78, 5) is 25.9. The summed E-state index contributed by atoms with van der Waals surface area (Å²) in [6.45, 7) is 8.44. The molecule has 0 aliphatic rings. The number of benzene rings is 1. The number of pyridine rings is 1. The van der Waals surface area contributed by atoms with Crippen molar-refractivity contribution < 1.29 is 14.3 Å². The van der Waals surface area contributed by atoms with E-state index in [0.717, 1.165) is 53.8 Å². The Kier molecular flexibility index (Phi) is 8.84. The van der Waals surface area contributed by atoms with E-state index < -0.39 is 0 Å². The Hall–Kier alpha value is -3.42. The molecule has 1 atom stereocenters. The van der Waals surface area contributed by atoms with Crippen molar-refractivity contribution in [3.05, 3.63) is 41.6 Å². The average molecular weight is 480 g/mol. The molecule has 0 aliphatic heterocycles. The molecular formula is C27H37N5O3. The van der Waals surface area contributed by atoms with Crippen molar-refractivity contribution in [2.45, 2.75) is 71.9 Å². The van der Waals surface area contributed by atoms with Crippen LogP contribution < -0.4 is 20.1 Å². The van der Waals surface area contributed by atoms with Crippen molar-refractivity contribution in [3.63, 3.8) is 0 Å². The van der Waals surface area contributed by atoms with Crippen LogP contribution in [0.2, 0.25) is 0 Å². The van der Waals surface area contributed by atoms with Gasteiger partial charge in [0.1, 0.15) is 22.8 Å². The number of nitrogens with one attached hydrogen (secondary N) is 2. The second-order valence-corrected chi connectivity index (χ2v) is 9.30. The highest BCUT2D eigenvalue weighted by Gasteiger charge is 2.26. The maximum Gasteiger partial charge on any atom is 0.225 e. The second kappa shape index (κ2) is 11.8. The number of carbonyl (C=O) groups is 1. The molecule has 3 aromatic rings. The van der Waals surface area contributed by atoms with Gasteiger partial charge in [0.05, 0.1) is 19.7 Å². The van der Waals surface area contributed by atoms with E-state index in [0.29, 0.717) is 30.2 Å². The molecule has 8 heteroatoms. The Morgan fingerprint density at radius 3 is 2.60 bits per heavy atom. The molecule has 3 rings (SSSR count). The van der Waals surface area contributed by atoms with Crippen molar-refractivity contribution in [2.24, 2.45) is 0 Å². The van der Waals surface area contributed by atoms with Crippen LogP contribution in [0.1, 0.15) is 64.0 Å². The summed E-state index contributed by atoms with van der Waals surface area (Å²) >= 11 is 0. The van der Waals surface area contributed by atoms with Crippen LogP contribution in [0.25, 0.3) is 11.0 Å². The topological polar surface area (TPSA) is 98.3 Å². The van der Waals surface area contributed by atoms with Crippen molar-refractivity contribution in [1.82, 2.24) is 15.0 Å². The molecule has 188 valence electrons. The summed E-state index contributed by atoms with van der Waals surface area (Å²) in [5, 5.41) is 6.98.